The molecule has 0 bridgehead atoms. The van der Waals surface area contributed by atoms with Crippen molar-refractivity contribution in [1.82, 2.24) is 20.9 Å². The van der Waals surface area contributed by atoms with E-state index in [0.29, 0.717) is 25.1 Å². The van der Waals surface area contributed by atoms with E-state index in [1.807, 2.05) is 0 Å². The lowest BCUT2D eigenvalue weighted by atomic mass is 10.0. The smallest absolute Gasteiger partial charge is 0.324 e. The Hall–Kier alpha value is -1.06. The highest BCUT2D eigenvalue weighted by Crippen LogP contribution is 2.08. The number of hydrogen-bond donors (Lipinski definition) is 3. The monoisotopic (exact) mass is 439 g/mol. The van der Waals surface area contributed by atoms with E-state index in [1.165, 1.54) is 17.7 Å². The van der Waals surface area contributed by atoms with Gasteiger partial charge in [-0.2, -0.15) is 0 Å². The normalized spacial score (nSPS) is 16.2. The van der Waals surface area contributed by atoms with E-state index in [0.717, 1.165) is 12.3 Å². The van der Waals surface area contributed by atoms with Crippen LogP contribution in [0.1, 0.15) is 40.0 Å². The summed E-state index contributed by atoms with van der Waals surface area (Å²) in [5, 5.41) is 8.96. The molecule has 1 unspecified atom stereocenters. The highest BCUT2D eigenvalue weighted by atomic mass is 127. The van der Waals surface area contributed by atoms with E-state index in [4.69, 9.17) is 0 Å². The lowest BCUT2D eigenvalue weighted by molar-refractivity contribution is -0.124. The summed E-state index contributed by atoms with van der Waals surface area (Å²) in [6.45, 7) is 7.51. The first kappa shape index (κ1) is 21.9. The Morgan fingerprint density at radius 3 is 2.52 bits per heavy atom. The molecule has 1 aliphatic heterocycles. The molecule has 8 heteroatoms. The minimum Gasteiger partial charge on any atom is -0.355 e. The first-order valence-corrected chi connectivity index (χ1v) is 7.99. The van der Waals surface area contributed by atoms with E-state index in [1.54, 1.807) is 7.05 Å². The number of nitrogens with zero attached hydrogens (tertiary/aromatic N) is 2. The molecule has 0 saturated carbocycles. The third-order valence-corrected chi connectivity index (χ3v) is 3.59. The predicted molar refractivity (Wildman–Crippen MR) is 103 cm³/mol. The average Bonchev–Trinajstić information content (AvgIpc) is 2.77. The van der Waals surface area contributed by atoms with Crippen molar-refractivity contribution >= 4 is 41.9 Å². The number of hydrogen-bond acceptors (Lipinski definition) is 3. The summed E-state index contributed by atoms with van der Waals surface area (Å²) in [7, 11) is 1.71. The third-order valence-electron chi connectivity index (χ3n) is 3.59. The van der Waals surface area contributed by atoms with E-state index >= 15 is 0 Å². The fourth-order valence-corrected chi connectivity index (χ4v) is 2.30. The Morgan fingerprint density at radius 1 is 1.30 bits per heavy atom. The average molecular weight is 439 g/mol. The second-order valence-corrected chi connectivity index (χ2v) is 6.07. The topological polar surface area (TPSA) is 85.8 Å². The number of imide groups is 1. The molecular formula is C15H30IN5O2. The van der Waals surface area contributed by atoms with Crippen molar-refractivity contribution < 1.29 is 9.59 Å². The van der Waals surface area contributed by atoms with Crippen molar-refractivity contribution in [2.24, 2.45) is 10.9 Å². The molecule has 0 aromatic heterocycles. The summed E-state index contributed by atoms with van der Waals surface area (Å²) in [4.78, 5) is 28.2. The van der Waals surface area contributed by atoms with Gasteiger partial charge < -0.3 is 16.0 Å². The fraction of sp³-hybridized carbons (Fsp3) is 0.800. The maximum Gasteiger partial charge on any atom is 0.324 e. The van der Waals surface area contributed by atoms with Crippen LogP contribution >= 0.6 is 24.0 Å². The van der Waals surface area contributed by atoms with Gasteiger partial charge in [0.1, 0.15) is 0 Å². The van der Waals surface area contributed by atoms with Crippen LogP contribution in [0.25, 0.3) is 0 Å². The Bertz CT molecular complexity index is 399. The number of nitrogens with one attached hydrogen (secondary N) is 3. The quantitative estimate of drug-likeness (QED) is 0.232. The van der Waals surface area contributed by atoms with Gasteiger partial charge in [0.15, 0.2) is 5.96 Å². The van der Waals surface area contributed by atoms with Crippen LogP contribution in [0, 0.1) is 5.92 Å². The minimum atomic E-state index is -0.322. The molecule has 7 nitrogen and oxygen atoms in total. The van der Waals surface area contributed by atoms with Crippen LogP contribution in [0.15, 0.2) is 4.99 Å². The number of guanidine groups is 1. The second kappa shape index (κ2) is 11.5. The first-order chi connectivity index (χ1) is 10.4. The van der Waals surface area contributed by atoms with Crippen molar-refractivity contribution in [2.45, 2.75) is 46.1 Å². The predicted octanol–water partition coefficient (Wildman–Crippen LogP) is 1.54. The van der Waals surface area contributed by atoms with Crippen molar-refractivity contribution in [3.63, 3.8) is 0 Å². The summed E-state index contributed by atoms with van der Waals surface area (Å²) in [5.41, 5.74) is 0. The number of urea groups is 1. The minimum absolute atomic E-state index is 0. The summed E-state index contributed by atoms with van der Waals surface area (Å²) < 4.78 is 0. The van der Waals surface area contributed by atoms with Gasteiger partial charge in [-0.05, 0) is 19.3 Å². The molecule has 1 atom stereocenters. The van der Waals surface area contributed by atoms with Crippen LogP contribution in [0.2, 0.25) is 0 Å². The highest BCUT2D eigenvalue weighted by molar-refractivity contribution is 14.0. The Balaban J connectivity index is 0.00000484. The van der Waals surface area contributed by atoms with Crippen molar-refractivity contribution in [1.29, 1.82) is 0 Å². The van der Waals surface area contributed by atoms with Crippen LogP contribution in [-0.4, -0.2) is 55.5 Å². The molecule has 0 aromatic carbocycles. The van der Waals surface area contributed by atoms with E-state index < -0.39 is 0 Å². The van der Waals surface area contributed by atoms with Gasteiger partial charge in [0.2, 0.25) is 5.91 Å². The van der Waals surface area contributed by atoms with Gasteiger partial charge in [-0.25, -0.2) is 4.79 Å². The fourth-order valence-electron chi connectivity index (χ4n) is 2.30. The maximum atomic E-state index is 11.4. The Morgan fingerprint density at radius 2 is 2.00 bits per heavy atom. The van der Waals surface area contributed by atoms with Crippen LogP contribution in [-0.2, 0) is 4.79 Å². The van der Waals surface area contributed by atoms with Crippen LogP contribution < -0.4 is 16.0 Å². The van der Waals surface area contributed by atoms with E-state index in [9.17, 15) is 9.59 Å². The van der Waals surface area contributed by atoms with Gasteiger partial charge >= 0.3 is 6.03 Å². The summed E-state index contributed by atoms with van der Waals surface area (Å²) >= 11 is 0. The number of carbonyl (C=O) groups is 2. The van der Waals surface area contributed by atoms with Gasteiger partial charge in [-0.15, -0.1) is 24.0 Å². The van der Waals surface area contributed by atoms with Crippen LogP contribution in [0.5, 0.6) is 0 Å². The van der Waals surface area contributed by atoms with Crippen LogP contribution in [0.3, 0.4) is 0 Å². The van der Waals surface area contributed by atoms with Gasteiger partial charge in [0.05, 0.1) is 6.54 Å². The first-order valence-electron chi connectivity index (χ1n) is 7.99. The SMILES string of the molecule is CN=C(NCCN1C(=O)CNC1=O)NC(C)CCCC(C)C.I. The largest absolute Gasteiger partial charge is 0.355 e. The van der Waals surface area contributed by atoms with Gasteiger partial charge in [-0.1, -0.05) is 26.7 Å². The maximum absolute atomic E-state index is 11.4. The van der Waals surface area contributed by atoms with Gasteiger partial charge in [-0.3, -0.25) is 14.7 Å². The Kier molecular flexibility index (Phi) is 10.9. The number of rotatable bonds is 8. The van der Waals surface area contributed by atoms with E-state index in [-0.39, 0.29) is 42.5 Å². The number of halogens is 1. The zero-order valence-electron chi connectivity index (χ0n) is 14.5. The second-order valence-electron chi connectivity index (χ2n) is 6.07. The molecule has 1 heterocycles. The number of amides is 3. The summed E-state index contributed by atoms with van der Waals surface area (Å²) in [5.74, 6) is 1.25. The zero-order valence-corrected chi connectivity index (χ0v) is 16.8. The van der Waals surface area contributed by atoms with Crippen molar-refractivity contribution in [2.75, 3.05) is 26.7 Å². The Labute approximate surface area is 156 Å². The molecule has 0 spiro atoms. The lowest BCUT2D eigenvalue weighted by Gasteiger charge is -2.19. The molecule has 3 N–H and O–H groups in total. The molecule has 1 rings (SSSR count). The summed E-state index contributed by atoms with van der Waals surface area (Å²) in [6.07, 6.45) is 3.50. The van der Waals surface area contributed by atoms with Gasteiger partial charge in [0.25, 0.3) is 0 Å². The van der Waals surface area contributed by atoms with Crippen molar-refractivity contribution in [3.05, 3.63) is 0 Å². The number of aliphatic imine (C=N–C) groups is 1. The molecule has 1 aliphatic rings. The molecule has 0 aromatic rings. The van der Waals surface area contributed by atoms with E-state index in [2.05, 4.69) is 41.7 Å². The molecule has 23 heavy (non-hydrogen) atoms. The molecule has 1 fully saturated rings. The van der Waals surface area contributed by atoms with Gasteiger partial charge in [0, 0.05) is 26.2 Å². The molecule has 0 radical (unpaired) electrons. The molecule has 0 aliphatic carbocycles. The number of carbonyl (C=O) groups excluding carboxylic acids is 2. The highest BCUT2D eigenvalue weighted by Gasteiger charge is 2.27. The molecule has 134 valence electrons. The van der Waals surface area contributed by atoms with Crippen LogP contribution in [0.4, 0.5) is 4.79 Å². The molecule has 3 amide bonds. The third kappa shape index (κ3) is 8.38. The molecule has 1 saturated heterocycles. The standard InChI is InChI=1S/C15H29N5O2.HI/c1-11(2)6-5-7-12(3)19-14(16-4)17-8-9-20-13(21)10-18-15(20)22;/h11-12H,5-10H2,1-4H3,(H,18,22)(H2,16,17,19);1H. The van der Waals surface area contributed by atoms with Crippen molar-refractivity contribution in [3.8, 4) is 0 Å². The molecular weight excluding hydrogens is 409 g/mol. The lowest BCUT2D eigenvalue weighted by Crippen LogP contribution is -2.45. The zero-order chi connectivity index (χ0) is 16.5. The summed E-state index contributed by atoms with van der Waals surface area (Å²) in [6, 6.07) is 0.0125.